The number of hydrogen-bond acceptors (Lipinski definition) is 3. The van der Waals surface area contributed by atoms with Crippen molar-refractivity contribution in [2.24, 2.45) is 0 Å². The molecule has 0 spiro atoms. The van der Waals surface area contributed by atoms with Gasteiger partial charge in [0.1, 0.15) is 12.4 Å². The number of thioether (sulfide) groups is 1. The van der Waals surface area contributed by atoms with E-state index in [1.165, 1.54) is 0 Å². The van der Waals surface area contributed by atoms with Gasteiger partial charge in [-0.05, 0) is 32.2 Å². The number of nitrogens with one attached hydrogen (secondary N) is 1. The number of para-hydroxylation sites is 2. The van der Waals surface area contributed by atoms with Crippen molar-refractivity contribution in [3.63, 3.8) is 0 Å². The molecule has 1 aromatic heterocycles. The molecule has 0 bridgehead atoms. The van der Waals surface area contributed by atoms with Crippen LogP contribution in [0.25, 0.3) is 11.0 Å². The third kappa shape index (κ3) is 3.29. The number of nitrogens with zero attached hydrogens (tertiary/aromatic N) is 2. The summed E-state index contributed by atoms with van der Waals surface area (Å²) in [6, 6.07) is 8.09. The van der Waals surface area contributed by atoms with E-state index < -0.39 is 0 Å². The highest BCUT2D eigenvalue weighted by Gasteiger charge is 2.13. The maximum Gasteiger partial charge on any atom is 0.240 e. The fraction of sp³-hybridized carbons (Fsp3) is 0.429. The van der Waals surface area contributed by atoms with E-state index >= 15 is 0 Å². The molecule has 1 heterocycles. The molecule has 0 aliphatic heterocycles. The number of fused-ring (bicyclic) bond motifs is 1. The molecule has 19 heavy (non-hydrogen) atoms. The Morgan fingerprint density at radius 1 is 1.42 bits per heavy atom. The summed E-state index contributed by atoms with van der Waals surface area (Å²) in [5.74, 6) is 1.79. The van der Waals surface area contributed by atoms with Gasteiger partial charge >= 0.3 is 0 Å². The summed E-state index contributed by atoms with van der Waals surface area (Å²) in [5, 5.41) is 2.92. The molecule has 0 radical (unpaired) electrons. The van der Waals surface area contributed by atoms with E-state index in [1.54, 1.807) is 11.8 Å². The van der Waals surface area contributed by atoms with Crippen LogP contribution in [-0.4, -0.2) is 27.8 Å². The molecule has 4 nitrogen and oxygen atoms in total. The Bertz CT molecular complexity index is 577. The SMILES string of the molecule is CSCc1nc2ccccc2n1CC(=O)NC(C)C. The van der Waals surface area contributed by atoms with Gasteiger partial charge in [0.05, 0.1) is 16.8 Å². The maximum absolute atomic E-state index is 12.0. The topological polar surface area (TPSA) is 46.9 Å². The molecule has 102 valence electrons. The second-order valence-corrected chi connectivity index (χ2v) is 5.62. The number of imidazole rings is 1. The van der Waals surface area contributed by atoms with Gasteiger partial charge in [0, 0.05) is 6.04 Å². The minimum atomic E-state index is 0.0282. The van der Waals surface area contributed by atoms with Crippen molar-refractivity contribution in [2.75, 3.05) is 6.26 Å². The summed E-state index contributed by atoms with van der Waals surface area (Å²) >= 11 is 1.71. The van der Waals surface area contributed by atoms with Crippen LogP contribution < -0.4 is 5.32 Å². The van der Waals surface area contributed by atoms with Crippen molar-refractivity contribution in [1.82, 2.24) is 14.9 Å². The number of amides is 1. The summed E-state index contributed by atoms with van der Waals surface area (Å²) in [5.41, 5.74) is 1.97. The first-order chi connectivity index (χ1) is 9.11. The van der Waals surface area contributed by atoms with Crippen molar-refractivity contribution in [2.45, 2.75) is 32.2 Å². The Balaban J connectivity index is 2.33. The summed E-state index contributed by atoms with van der Waals surface area (Å²) in [6.07, 6.45) is 2.04. The zero-order chi connectivity index (χ0) is 13.8. The highest BCUT2D eigenvalue weighted by atomic mass is 32.2. The number of rotatable bonds is 5. The maximum atomic E-state index is 12.0. The lowest BCUT2D eigenvalue weighted by Crippen LogP contribution is -2.33. The normalized spacial score (nSPS) is 11.2. The van der Waals surface area contributed by atoms with E-state index in [2.05, 4.69) is 10.3 Å². The predicted molar refractivity (Wildman–Crippen MR) is 80.2 cm³/mol. The van der Waals surface area contributed by atoms with E-state index in [0.717, 1.165) is 22.6 Å². The summed E-state index contributed by atoms with van der Waals surface area (Å²) in [4.78, 5) is 16.6. The van der Waals surface area contributed by atoms with Gasteiger partial charge in [-0.2, -0.15) is 11.8 Å². The lowest BCUT2D eigenvalue weighted by Gasteiger charge is -2.11. The average molecular weight is 277 g/mol. The molecule has 5 heteroatoms. The summed E-state index contributed by atoms with van der Waals surface area (Å²) in [7, 11) is 0. The van der Waals surface area contributed by atoms with E-state index in [9.17, 15) is 4.79 Å². The third-order valence-corrected chi connectivity index (χ3v) is 3.31. The lowest BCUT2D eigenvalue weighted by molar-refractivity contribution is -0.122. The Hall–Kier alpha value is -1.49. The van der Waals surface area contributed by atoms with Gasteiger partial charge in [-0.15, -0.1) is 0 Å². The largest absolute Gasteiger partial charge is 0.352 e. The van der Waals surface area contributed by atoms with E-state index in [-0.39, 0.29) is 11.9 Å². The molecule has 2 aromatic rings. The Morgan fingerprint density at radius 3 is 2.84 bits per heavy atom. The first-order valence-corrected chi connectivity index (χ1v) is 7.73. The minimum Gasteiger partial charge on any atom is -0.352 e. The molecule has 0 aliphatic carbocycles. The first-order valence-electron chi connectivity index (χ1n) is 6.34. The number of benzene rings is 1. The Labute approximate surface area is 117 Å². The predicted octanol–water partition coefficient (Wildman–Crippen LogP) is 2.42. The van der Waals surface area contributed by atoms with Gasteiger partial charge in [-0.25, -0.2) is 4.98 Å². The van der Waals surface area contributed by atoms with Crippen LogP contribution in [0.5, 0.6) is 0 Å². The van der Waals surface area contributed by atoms with Crippen molar-refractivity contribution in [3.05, 3.63) is 30.1 Å². The van der Waals surface area contributed by atoms with Crippen LogP contribution >= 0.6 is 11.8 Å². The fourth-order valence-corrected chi connectivity index (χ4v) is 2.53. The van der Waals surface area contributed by atoms with Gasteiger partial charge < -0.3 is 9.88 Å². The molecular weight excluding hydrogens is 258 g/mol. The fourth-order valence-electron chi connectivity index (χ4n) is 2.05. The number of hydrogen-bond donors (Lipinski definition) is 1. The van der Waals surface area contributed by atoms with Crippen molar-refractivity contribution < 1.29 is 4.79 Å². The van der Waals surface area contributed by atoms with Crippen molar-refractivity contribution in [1.29, 1.82) is 0 Å². The zero-order valence-corrected chi connectivity index (χ0v) is 12.3. The van der Waals surface area contributed by atoms with Crippen LogP contribution in [0.4, 0.5) is 0 Å². The monoisotopic (exact) mass is 277 g/mol. The van der Waals surface area contributed by atoms with Crippen LogP contribution in [0.1, 0.15) is 19.7 Å². The van der Waals surface area contributed by atoms with Crippen LogP contribution in [0.15, 0.2) is 24.3 Å². The zero-order valence-electron chi connectivity index (χ0n) is 11.5. The second-order valence-electron chi connectivity index (χ2n) is 4.76. The minimum absolute atomic E-state index is 0.0282. The number of carbonyl (C=O) groups excluding carboxylic acids is 1. The van der Waals surface area contributed by atoms with Crippen molar-refractivity contribution >= 4 is 28.7 Å². The summed E-state index contributed by atoms with van der Waals surface area (Å²) in [6.45, 7) is 4.26. The molecule has 0 saturated heterocycles. The molecule has 0 saturated carbocycles. The molecule has 0 atom stereocenters. The van der Waals surface area contributed by atoms with E-state index in [1.807, 2.05) is 48.9 Å². The molecule has 0 fully saturated rings. The summed E-state index contributed by atoms with van der Waals surface area (Å²) < 4.78 is 2.00. The molecule has 1 N–H and O–H groups in total. The van der Waals surface area contributed by atoms with E-state index in [0.29, 0.717) is 6.54 Å². The quantitative estimate of drug-likeness (QED) is 0.913. The van der Waals surface area contributed by atoms with Crippen LogP contribution in [0.3, 0.4) is 0 Å². The molecule has 1 amide bonds. The van der Waals surface area contributed by atoms with Crippen LogP contribution in [0, 0.1) is 0 Å². The molecule has 0 aliphatic rings. The molecular formula is C14H19N3OS. The number of aromatic nitrogens is 2. The van der Waals surface area contributed by atoms with Gasteiger partial charge in [-0.1, -0.05) is 12.1 Å². The second kappa shape index (κ2) is 6.10. The Morgan fingerprint density at radius 2 is 2.16 bits per heavy atom. The van der Waals surface area contributed by atoms with Gasteiger partial charge in [0.15, 0.2) is 0 Å². The highest BCUT2D eigenvalue weighted by Crippen LogP contribution is 2.18. The average Bonchev–Trinajstić information content (AvgIpc) is 2.67. The first kappa shape index (κ1) is 13.9. The van der Waals surface area contributed by atoms with Crippen LogP contribution in [0.2, 0.25) is 0 Å². The van der Waals surface area contributed by atoms with Crippen LogP contribution in [-0.2, 0) is 17.1 Å². The van der Waals surface area contributed by atoms with Gasteiger partial charge in [-0.3, -0.25) is 4.79 Å². The standard InChI is InChI=1S/C14H19N3OS/c1-10(2)15-14(18)8-17-12-7-5-4-6-11(12)16-13(17)9-19-3/h4-7,10H,8-9H2,1-3H3,(H,15,18). The van der Waals surface area contributed by atoms with Gasteiger partial charge in [0.25, 0.3) is 0 Å². The molecule has 2 rings (SSSR count). The van der Waals surface area contributed by atoms with Crippen molar-refractivity contribution in [3.8, 4) is 0 Å². The third-order valence-electron chi connectivity index (χ3n) is 2.76. The number of carbonyl (C=O) groups is 1. The smallest absolute Gasteiger partial charge is 0.240 e. The molecule has 0 unspecified atom stereocenters. The lowest BCUT2D eigenvalue weighted by atomic mass is 10.3. The highest BCUT2D eigenvalue weighted by molar-refractivity contribution is 7.97. The van der Waals surface area contributed by atoms with E-state index in [4.69, 9.17) is 0 Å². The Kier molecular flexibility index (Phi) is 4.47. The molecule has 1 aromatic carbocycles. The van der Waals surface area contributed by atoms with Gasteiger partial charge in [0.2, 0.25) is 5.91 Å².